The Bertz CT molecular complexity index is 600. The van der Waals surface area contributed by atoms with Gasteiger partial charge in [-0.05, 0) is 26.2 Å². The molecule has 0 unspecified atom stereocenters. The molecule has 0 saturated heterocycles. The van der Waals surface area contributed by atoms with Crippen LogP contribution in [0.3, 0.4) is 0 Å². The van der Waals surface area contributed by atoms with Crippen LogP contribution in [0.4, 0.5) is 0 Å². The Labute approximate surface area is 111 Å². The van der Waals surface area contributed by atoms with Crippen LogP contribution >= 0.6 is 11.3 Å². The molecule has 0 bridgehead atoms. The zero-order chi connectivity index (χ0) is 12.6. The summed E-state index contributed by atoms with van der Waals surface area (Å²) in [5, 5.41) is 12.4. The van der Waals surface area contributed by atoms with Gasteiger partial charge in [0, 0.05) is 10.9 Å². The second kappa shape index (κ2) is 4.22. The minimum Gasteiger partial charge on any atom is -0.240 e. The van der Waals surface area contributed by atoms with Crippen LogP contribution in [0.5, 0.6) is 0 Å². The van der Waals surface area contributed by atoms with Crippen molar-refractivity contribution in [3.05, 3.63) is 40.2 Å². The van der Waals surface area contributed by atoms with E-state index in [4.69, 9.17) is 0 Å². The lowest BCUT2D eigenvalue weighted by Gasteiger charge is -2.32. The lowest BCUT2D eigenvalue weighted by Crippen LogP contribution is -2.32. The summed E-state index contributed by atoms with van der Waals surface area (Å²) in [5.41, 5.74) is 3.10. The highest BCUT2D eigenvalue weighted by Crippen LogP contribution is 2.45. The quantitative estimate of drug-likeness (QED) is 0.810. The minimum absolute atomic E-state index is 0.284. The van der Waals surface area contributed by atoms with Crippen molar-refractivity contribution >= 4 is 11.3 Å². The van der Waals surface area contributed by atoms with Crippen LogP contribution in [0.2, 0.25) is 0 Å². The van der Waals surface area contributed by atoms with Gasteiger partial charge in [-0.1, -0.05) is 29.8 Å². The number of aromatic nitrogens is 1. The molecule has 3 rings (SSSR count). The fourth-order valence-electron chi connectivity index (χ4n) is 2.25. The summed E-state index contributed by atoms with van der Waals surface area (Å²) in [6, 6.07) is 10.8. The third kappa shape index (κ3) is 1.74. The SMILES string of the molecule is Cc1ccc(-c2csc(C3(C#N)CCC3)n2)cc1. The van der Waals surface area contributed by atoms with E-state index in [1.54, 1.807) is 11.3 Å². The highest BCUT2D eigenvalue weighted by molar-refractivity contribution is 7.10. The lowest BCUT2D eigenvalue weighted by molar-refractivity contribution is 0.323. The van der Waals surface area contributed by atoms with E-state index >= 15 is 0 Å². The molecule has 2 nitrogen and oxygen atoms in total. The lowest BCUT2D eigenvalue weighted by atomic mass is 9.70. The zero-order valence-electron chi connectivity index (χ0n) is 10.3. The fourth-order valence-corrected chi connectivity index (χ4v) is 3.29. The van der Waals surface area contributed by atoms with E-state index in [0.717, 1.165) is 35.5 Å². The van der Waals surface area contributed by atoms with Crippen LogP contribution in [0.25, 0.3) is 11.3 Å². The van der Waals surface area contributed by atoms with Crippen LogP contribution in [0, 0.1) is 18.3 Å². The second-order valence-electron chi connectivity index (χ2n) is 4.95. The first-order valence-corrected chi connectivity index (χ1v) is 7.06. The smallest absolute Gasteiger partial charge is 0.114 e. The summed E-state index contributed by atoms with van der Waals surface area (Å²) in [6.07, 6.45) is 3.07. The Morgan fingerprint density at radius 2 is 2.00 bits per heavy atom. The van der Waals surface area contributed by atoms with Gasteiger partial charge in [-0.2, -0.15) is 5.26 Å². The van der Waals surface area contributed by atoms with Gasteiger partial charge in [0.05, 0.1) is 11.8 Å². The van der Waals surface area contributed by atoms with E-state index < -0.39 is 0 Å². The summed E-state index contributed by atoms with van der Waals surface area (Å²) in [7, 11) is 0. The van der Waals surface area contributed by atoms with Crippen molar-refractivity contribution in [3.63, 3.8) is 0 Å². The molecule has 1 aliphatic rings. The first kappa shape index (κ1) is 11.4. The van der Waals surface area contributed by atoms with E-state index in [-0.39, 0.29) is 5.41 Å². The number of hydrogen-bond acceptors (Lipinski definition) is 3. The number of rotatable bonds is 2. The maximum absolute atomic E-state index is 9.32. The Morgan fingerprint density at radius 3 is 2.56 bits per heavy atom. The topological polar surface area (TPSA) is 36.7 Å². The Kier molecular flexibility index (Phi) is 2.68. The minimum atomic E-state index is -0.284. The molecule has 1 fully saturated rings. The molecule has 18 heavy (non-hydrogen) atoms. The molecule has 0 amide bonds. The number of aryl methyl sites for hydroxylation is 1. The average Bonchev–Trinajstić information content (AvgIpc) is 2.79. The predicted molar refractivity (Wildman–Crippen MR) is 73.4 cm³/mol. The van der Waals surface area contributed by atoms with Gasteiger partial charge in [-0.25, -0.2) is 4.98 Å². The average molecular weight is 254 g/mol. The van der Waals surface area contributed by atoms with Crippen LogP contribution in [0.15, 0.2) is 29.6 Å². The maximum atomic E-state index is 9.32. The van der Waals surface area contributed by atoms with Crippen molar-refractivity contribution in [3.8, 4) is 17.3 Å². The number of thiazole rings is 1. The van der Waals surface area contributed by atoms with Crippen molar-refractivity contribution in [2.24, 2.45) is 0 Å². The molecule has 1 aromatic heterocycles. The van der Waals surface area contributed by atoms with Crippen LogP contribution in [0.1, 0.15) is 29.8 Å². The summed E-state index contributed by atoms with van der Waals surface area (Å²) >= 11 is 1.62. The highest BCUT2D eigenvalue weighted by Gasteiger charge is 2.41. The third-order valence-corrected chi connectivity index (χ3v) is 4.73. The standard InChI is InChI=1S/C15H14N2S/c1-11-3-5-12(6-4-11)13-9-18-14(17-13)15(10-16)7-2-8-15/h3-6,9H,2,7-8H2,1H3. The molecule has 1 aromatic carbocycles. The zero-order valence-corrected chi connectivity index (χ0v) is 11.1. The van der Waals surface area contributed by atoms with Gasteiger partial charge < -0.3 is 0 Å². The summed E-state index contributed by atoms with van der Waals surface area (Å²) in [6.45, 7) is 2.08. The molecule has 0 spiro atoms. The van der Waals surface area contributed by atoms with Gasteiger partial charge in [-0.15, -0.1) is 11.3 Å². The van der Waals surface area contributed by atoms with Gasteiger partial charge >= 0.3 is 0 Å². The highest BCUT2D eigenvalue weighted by atomic mass is 32.1. The largest absolute Gasteiger partial charge is 0.240 e. The molecule has 2 aromatic rings. The summed E-state index contributed by atoms with van der Waals surface area (Å²) in [4.78, 5) is 4.67. The predicted octanol–water partition coefficient (Wildman–Crippen LogP) is 4.06. The molecule has 0 atom stereocenters. The van der Waals surface area contributed by atoms with Crippen molar-refractivity contribution in [1.29, 1.82) is 5.26 Å². The first-order chi connectivity index (χ1) is 8.73. The number of hydrogen-bond donors (Lipinski definition) is 0. The van der Waals surface area contributed by atoms with Gasteiger partial charge in [0.2, 0.25) is 0 Å². The molecule has 1 saturated carbocycles. The van der Waals surface area contributed by atoms with Crippen molar-refractivity contribution in [2.45, 2.75) is 31.6 Å². The van der Waals surface area contributed by atoms with E-state index in [1.165, 1.54) is 5.56 Å². The van der Waals surface area contributed by atoms with Gasteiger partial charge in [0.1, 0.15) is 10.4 Å². The summed E-state index contributed by atoms with van der Waals surface area (Å²) in [5.74, 6) is 0. The van der Waals surface area contributed by atoms with E-state index in [2.05, 4.69) is 47.6 Å². The van der Waals surface area contributed by atoms with E-state index in [1.807, 2.05) is 0 Å². The Hall–Kier alpha value is -1.66. The maximum Gasteiger partial charge on any atom is 0.114 e. The number of nitrogens with zero attached hydrogens (tertiary/aromatic N) is 2. The first-order valence-electron chi connectivity index (χ1n) is 6.18. The molecular weight excluding hydrogens is 240 g/mol. The summed E-state index contributed by atoms with van der Waals surface area (Å²) < 4.78 is 0. The molecule has 1 aliphatic carbocycles. The van der Waals surface area contributed by atoms with Gasteiger partial charge in [0.15, 0.2) is 0 Å². The molecule has 0 radical (unpaired) electrons. The monoisotopic (exact) mass is 254 g/mol. The van der Waals surface area contributed by atoms with Gasteiger partial charge in [-0.3, -0.25) is 0 Å². The van der Waals surface area contributed by atoms with Crippen molar-refractivity contribution in [2.75, 3.05) is 0 Å². The van der Waals surface area contributed by atoms with Crippen LogP contribution < -0.4 is 0 Å². The molecule has 0 N–H and O–H groups in total. The molecular formula is C15H14N2S. The van der Waals surface area contributed by atoms with Crippen molar-refractivity contribution in [1.82, 2.24) is 4.98 Å². The van der Waals surface area contributed by atoms with Gasteiger partial charge in [0.25, 0.3) is 0 Å². The molecule has 1 heterocycles. The fraction of sp³-hybridized carbons (Fsp3) is 0.333. The van der Waals surface area contributed by atoms with E-state index in [9.17, 15) is 5.26 Å². The molecule has 90 valence electrons. The Balaban J connectivity index is 1.95. The third-order valence-electron chi connectivity index (χ3n) is 3.68. The molecule has 3 heteroatoms. The normalized spacial score (nSPS) is 16.9. The van der Waals surface area contributed by atoms with Crippen LogP contribution in [-0.2, 0) is 5.41 Å². The number of nitriles is 1. The Morgan fingerprint density at radius 1 is 1.28 bits per heavy atom. The van der Waals surface area contributed by atoms with Crippen LogP contribution in [-0.4, -0.2) is 4.98 Å². The number of benzene rings is 1. The van der Waals surface area contributed by atoms with Crippen molar-refractivity contribution < 1.29 is 0 Å². The molecule has 0 aliphatic heterocycles. The second-order valence-corrected chi connectivity index (χ2v) is 5.81. The van der Waals surface area contributed by atoms with E-state index in [0.29, 0.717) is 0 Å².